The lowest BCUT2D eigenvalue weighted by atomic mass is 10.2. The van der Waals surface area contributed by atoms with Crippen molar-refractivity contribution >= 4 is 5.69 Å². The highest BCUT2D eigenvalue weighted by Crippen LogP contribution is 2.11. The lowest BCUT2D eigenvalue weighted by Crippen LogP contribution is -2.44. The Morgan fingerprint density at radius 3 is 2.78 bits per heavy atom. The van der Waals surface area contributed by atoms with Crippen molar-refractivity contribution in [3.8, 4) is 0 Å². The molecule has 1 aliphatic heterocycles. The van der Waals surface area contributed by atoms with Crippen LogP contribution in [0.4, 0.5) is 5.69 Å². The minimum absolute atomic E-state index is 0.968. The summed E-state index contributed by atoms with van der Waals surface area (Å²) in [6, 6.07) is 4.22. The molecule has 4 nitrogen and oxygen atoms in total. The predicted octanol–water partition coefficient (Wildman–Crippen LogP) is 1.65. The van der Waals surface area contributed by atoms with E-state index in [4.69, 9.17) is 0 Å². The van der Waals surface area contributed by atoms with E-state index in [1.165, 1.54) is 11.4 Å². The number of hydrogen-bond donors (Lipinski definition) is 1. The van der Waals surface area contributed by atoms with Gasteiger partial charge in [0, 0.05) is 51.2 Å². The minimum Gasteiger partial charge on any atom is -0.385 e. The predicted molar refractivity (Wildman–Crippen MR) is 75.8 cm³/mol. The number of pyridine rings is 1. The number of nitrogens with zero attached hydrogens (tertiary/aromatic N) is 3. The van der Waals surface area contributed by atoms with E-state index in [1.54, 1.807) is 0 Å². The summed E-state index contributed by atoms with van der Waals surface area (Å²) < 4.78 is 0. The molecule has 1 saturated heterocycles. The Morgan fingerprint density at radius 1 is 1.28 bits per heavy atom. The molecule has 1 aromatic rings. The van der Waals surface area contributed by atoms with E-state index in [-0.39, 0.29) is 0 Å². The van der Waals surface area contributed by atoms with Gasteiger partial charge in [-0.15, -0.1) is 0 Å². The Balaban J connectivity index is 1.88. The van der Waals surface area contributed by atoms with Crippen LogP contribution in [0.3, 0.4) is 0 Å². The van der Waals surface area contributed by atoms with E-state index < -0.39 is 0 Å². The topological polar surface area (TPSA) is 31.4 Å². The third kappa shape index (κ3) is 3.96. The fraction of sp³-hybridized carbons (Fsp3) is 0.643. The summed E-state index contributed by atoms with van der Waals surface area (Å²) in [4.78, 5) is 9.32. The Morgan fingerprint density at radius 2 is 2.06 bits per heavy atom. The van der Waals surface area contributed by atoms with Crippen LogP contribution in [0.2, 0.25) is 0 Å². The maximum absolute atomic E-state index is 4.47. The van der Waals surface area contributed by atoms with Crippen molar-refractivity contribution in [2.45, 2.75) is 19.9 Å². The summed E-state index contributed by atoms with van der Waals surface area (Å²) in [5.41, 5.74) is 2.36. The van der Waals surface area contributed by atoms with Crippen molar-refractivity contribution in [2.75, 3.05) is 45.1 Å². The molecule has 4 heteroatoms. The standard InChI is InChI=1S/C14H24N4/c1-3-5-15-13-4-6-16-14(11-13)12-18-9-7-17(2)8-10-18/h4,6,11H,3,5,7-10,12H2,1-2H3,(H,15,16). The molecule has 1 aliphatic rings. The van der Waals surface area contributed by atoms with Gasteiger partial charge in [0.15, 0.2) is 0 Å². The van der Waals surface area contributed by atoms with E-state index in [0.717, 1.165) is 45.7 Å². The molecular formula is C14H24N4. The first-order valence-corrected chi connectivity index (χ1v) is 6.87. The van der Waals surface area contributed by atoms with Gasteiger partial charge in [-0.3, -0.25) is 9.88 Å². The van der Waals surface area contributed by atoms with Crippen LogP contribution in [0.15, 0.2) is 18.3 Å². The Hall–Kier alpha value is -1.13. The highest BCUT2D eigenvalue weighted by molar-refractivity contribution is 5.43. The molecule has 1 fully saturated rings. The van der Waals surface area contributed by atoms with Crippen molar-refractivity contribution in [2.24, 2.45) is 0 Å². The van der Waals surface area contributed by atoms with Crippen LogP contribution in [0, 0.1) is 0 Å². The number of piperazine rings is 1. The van der Waals surface area contributed by atoms with Crippen molar-refractivity contribution < 1.29 is 0 Å². The zero-order valence-electron chi connectivity index (χ0n) is 11.5. The van der Waals surface area contributed by atoms with Crippen molar-refractivity contribution in [1.82, 2.24) is 14.8 Å². The van der Waals surface area contributed by atoms with Crippen LogP contribution in [-0.2, 0) is 6.54 Å². The first kappa shape index (κ1) is 13.3. The third-order valence-electron chi connectivity index (χ3n) is 3.38. The van der Waals surface area contributed by atoms with E-state index in [2.05, 4.69) is 40.1 Å². The third-order valence-corrected chi connectivity index (χ3v) is 3.38. The molecule has 0 spiro atoms. The second kappa shape index (κ2) is 6.71. The summed E-state index contributed by atoms with van der Waals surface area (Å²) in [6.07, 6.45) is 3.06. The van der Waals surface area contributed by atoms with Gasteiger partial charge in [0.05, 0.1) is 5.69 Å². The monoisotopic (exact) mass is 248 g/mol. The van der Waals surface area contributed by atoms with Gasteiger partial charge in [-0.1, -0.05) is 6.92 Å². The summed E-state index contributed by atoms with van der Waals surface area (Å²) in [5.74, 6) is 0. The quantitative estimate of drug-likeness (QED) is 0.858. The molecule has 0 amide bonds. The highest BCUT2D eigenvalue weighted by Gasteiger charge is 2.14. The molecule has 0 unspecified atom stereocenters. The fourth-order valence-electron chi connectivity index (χ4n) is 2.18. The van der Waals surface area contributed by atoms with Gasteiger partial charge in [-0.05, 0) is 25.6 Å². The molecule has 18 heavy (non-hydrogen) atoms. The van der Waals surface area contributed by atoms with Crippen LogP contribution in [-0.4, -0.2) is 54.6 Å². The second-order valence-electron chi connectivity index (χ2n) is 5.04. The fourth-order valence-corrected chi connectivity index (χ4v) is 2.18. The molecule has 0 bridgehead atoms. The molecule has 0 aliphatic carbocycles. The number of rotatable bonds is 5. The molecule has 100 valence electrons. The number of hydrogen-bond acceptors (Lipinski definition) is 4. The molecule has 0 radical (unpaired) electrons. The van der Waals surface area contributed by atoms with Crippen LogP contribution in [0.1, 0.15) is 19.0 Å². The van der Waals surface area contributed by atoms with Crippen LogP contribution in [0.25, 0.3) is 0 Å². The first-order valence-electron chi connectivity index (χ1n) is 6.87. The van der Waals surface area contributed by atoms with Gasteiger partial charge in [0.25, 0.3) is 0 Å². The van der Waals surface area contributed by atoms with Crippen LogP contribution in [0.5, 0.6) is 0 Å². The zero-order valence-corrected chi connectivity index (χ0v) is 11.5. The molecule has 1 N–H and O–H groups in total. The number of nitrogens with one attached hydrogen (secondary N) is 1. The van der Waals surface area contributed by atoms with Crippen LogP contribution < -0.4 is 5.32 Å². The minimum atomic E-state index is 0.968. The molecule has 0 aromatic carbocycles. The molecule has 0 saturated carbocycles. The lowest BCUT2D eigenvalue weighted by molar-refractivity contribution is 0.147. The van der Waals surface area contributed by atoms with Gasteiger partial charge in [-0.25, -0.2) is 0 Å². The van der Waals surface area contributed by atoms with E-state index >= 15 is 0 Å². The highest BCUT2D eigenvalue weighted by atomic mass is 15.2. The van der Waals surface area contributed by atoms with Gasteiger partial charge in [0.1, 0.15) is 0 Å². The lowest BCUT2D eigenvalue weighted by Gasteiger charge is -2.32. The first-order chi connectivity index (χ1) is 8.78. The van der Waals surface area contributed by atoms with Crippen molar-refractivity contribution in [1.29, 1.82) is 0 Å². The van der Waals surface area contributed by atoms with E-state index in [0.29, 0.717) is 0 Å². The average molecular weight is 248 g/mol. The van der Waals surface area contributed by atoms with Gasteiger partial charge < -0.3 is 10.2 Å². The maximum Gasteiger partial charge on any atom is 0.0564 e. The van der Waals surface area contributed by atoms with Crippen molar-refractivity contribution in [3.05, 3.63) is 24.0 Å². The van der Waals surface area contributed by atoms with E-state index in [1.807, 2.05) is 12.3 Å². The number of anilines is 1. The molecule has 2 heterocycles. The summed E-state index contributed by atoms with van der Waals surface area (Å²) >= 11 is 0. The number of likely N-dealkylation sites (N-methyl/N-ethyl adjacent to an activating group) is 1. The normalized spacial score (nSPS) is 17.9. The van der Waals surface area contributed by atoms with Gasteiger partial charge in [-0.2, -0.15) is 0 Å². The summed E-state index contributed by atoms with van der Waals surface area (Å²) in [5, 5.41) is 3.41. The number of aromatic nitrogens is 1. The maximum atomic E-state index is 4.47. The average Bonchev–Trinajstić information content (AvgIpc) is 2.40. The van der Waals surface area contributed by atoms with Gasteiger partial charge >= 0.3 is 0 Å². The van der Waals surface area contributed by atoms with Gasteiger partial charge in [0.2, 0.25) is 0 Å². The Kier molecular flexibility index (Phi) is 4.96. The second-order valence-corrected chi connectivity index (χ2v) is 5.04. The Bertz CT molecular complexity index is 359. The van der Waals surface area contributed by atoms with Crippen molar-refractivity contribution in [3.63, 3.8) is 0 Å². The Labute approximate surface area is 110 Å². The molecule has 2 rings (SSSR count). The SMILES string of the molecule is CCCNc1ccnc(CN2CCN(C)CC2)c1. The molecular weight excluding hydrogens is 224 g/mol. The zero-order chi connectivity index (χ0) is 12.8. The smallest absolute Gasteiger partial charge is 0.0564 e. The molecule has 1 aromatic heterocycles. The summed E-state index contributed by atoms with van der Waals surface area (Å²) in [7, 11) is 2.19. The largest absolute Gasteiger partial charge is 0.385 e. The van der Waals surface area contributed by atoms with E-state index in [9.17, 15) is 0 Å². The molecule has 0 atom stereocenters. The summed E-state index contributed by atoms with van der Waals surface area (Å²) in [6.45, 7) is 8.78. The van der Waals surface area contributed by atoms with Crippen LogP contribution >= 0.6 is 0 Å².